The third kappa shape index (κ3) is 4.43. The molecule has 6 nitrogen and oxygen atoms in total. The molecule has 0 spiro atoms. The van der Waals surface area contributed by atoms with E-state index in [0.717, 1.165) is 31.7 Å². The molecule has 2 heterocycles. The Kier molecular flexibility index (Phi) is 5.99. The number of carbonyl (C=O) groups excluding carboxylic acids is 1. The Morgan fingerprint density at radius 1 is 0.875 bits per heavy atom. The summed E-state index contributed by atoms with van der Waals surface area (Å²) in [5.74, 6) is 0.519. The van der Waals surface area contributed by atoms with Crippen LogP contribution < -0.4 is 0 Å². The molecule has 0 atom stereocenters. The number of amides is 1. The second kappa shape index (κ2) is 9.20. The van der Waals surface area contributed by atoms with Gasteiger partial charge in [-0.2, -0.15) is 4.98 Å². The predicted molar refractivity (Wildman–Crippen MR) is 119 cm³/mol. The summed E-state index contributed by atoms with van der Waals surface area (Å²) < 4.78 is 18.5. The van der Waals surface area contributed by atoms with E-state index in [4.69, 9.17) is 4.52 Å². The highest BCUT2D eigenvalue weighted by atomic mass is 19.1. The second-order valence-corrected chi connectivity index (χ2v) is 8.63. The molecule has 166 valence electrons. The van der Waals surface area contributed by atoms with Gasteiger partial charge in [-0.1, -0.05) is 24.4 Å². The van der Waals surface area contributed by atoms with Gasteiger partial charge >= 0.3 is 0 Å². The van der Waals surface area contributed by atoms with Crippen LogP contribution in [-0.4, -0.2) is 58.1 Å². The molecule has 2 aliphatic rings. The van der Waals surface area contributed by atoms with Gasteiger partial charge < -0.3 is 9.42 Å². The Balaban J connectivity index is 1.21. The van der Waals surface area contributed by atoms with E-state index in [1.54, 1.807) is 12.1 Å². The summed E-state index contributed by atoms with van der Waals surface area (Å²) in [6.45, 7) is 3.48. The lowest BCUT2D eigenvalue weighted by molar-refractivity contribution is 0.0523. The lowest BCUT2D eigenvalue weighted by Crippen LogP contribution is -2.52. The molecular formula is C25H27FN4O2. The monoisotopic (exact) mass is 434 g/mol. The molecule has 1 saturated heterocycles. The Bertz CT molecular complexity index is 1050. The summed E-state index contributed by atoms with van der Waals surface area (Å²) in [5.41, 5.74) is 2.09. The maximum Gasteiger partial charge on any atom is 0.258 e. The molecule has 1 aliphatic carbocycles. The zero-order valence-electron chi connectivity index (χ0n) is 18.0. The second-order valence-electron chi connectivity index (χ2n) is 8.63. The molecule has 0 radical (unpaired) electrons. The van der Waals surface area contributed by atoms with Gasteiger partial charge in [-0.05, 0) is 61.4 Å². The number of nitrogens with zero attached hydrogens (tertiary/aromatic N) is 4. The van der Waals surface area contributed by atoms with Crippen LogP contribution in [0.4, 0.5) is 4.39 Å². The minimum absolute atomic E-state index is 0.0670. The van der Waals surface area contributed by atoms with Crippen molar-refractivity contribution in [1.82, 2.24) is 19.9 Å². The third-order valence-electron chi connectivity index (χ3n) is 6.60. The summed E-state index contributed by atoms with van der Waals surface area (Å²) >= 11 is 0. The van der Waals surface area contributed by atoms with Crippen LogP contribution in [0.2, 0.25) is 0 Å². The molecule has 1 saturated carbocycles. The zero-order valence-corrected chi connectivity index (χ0v) is 18.0. The molecule has 0 unspecified atom stereocenters. The van der Waals surface area contributed by atoms with Crippen molar-refractivity contribution in [3.8, 4) is 22.8 Å². The number of halogens is 1. The maximum absolute atomic E-state index is 13.1. The van der Waals surface area contributed by atoms with Crippen molar-refractivity contribution in [2.75, 3.05) is 26.2 Å². The first-order valence-electron chi connectivity index (χ1n) is 11.4. The minimum Gasteiger partial charge on any atom is -0.336 e. The molecule has 0 N–H and O–H groups in total. The van der Waals surface area contributed by atoms with E-state index < -0.39 is 0 Å². The van der Waals surface area contributed by atoms with E-state index in [2.05, 4.69) is 15.0 Å². The number of rotatable bonds is 4. The van der Waals surface area contributed by atoms with E-state index in [1.807, 2.05) is 29.2 Å². The number of aromatic nitrogens is 2. The quantitative estimate of drug-likeness (QED) is 0.599. The Labute approximate surface area is 187 Å². The van der Waals surface area contributed by atoms with Crippen molar-refractivity contribution in [3.63, 3.8) is 0 Å². The summed E-state index contributed by atoms with van der Waals surface area (Å²) in [4.78, 5) is 21.9. The standard InChI is InChI=1S/C25H27FN4O2/c26-21-12-10-18(11-13-21)23-27-24(32-28-23)19-6-8-20(9-7-19)25(31)30-16-14-29(15-17-30)22-4-2-1-3-5-22/h6-13,22H,1-5,14-17H2. The average molecular weight is 435 g/mol. The van der Waals surface area contributed by atoms with Gasteiger partial charge in [-0.3, -0.25) is 9.69 Å². The van der Waals surface area contributed by atoms with Gasteiger partial charge in [0.2, 0.25) is 5.82 Å². The normalized spacial score (nSPS) is 18.1. The molecular weight excluding hydrogens is 407 g/mol. The molecule has 1 aromatic heterocycles. The molecule has 32 heavy (non-hydrogen) atoms. The fourth-order valence-corrected chi connectivity index (χ4v) is 4.73. The third-order valence-corrected chi connectivity index (χ3v) is 6.60. The molecule has 1 aliphatic heterocycles. The zero-order chi connectivity index (χ0) is 21.9. The van der Waals surface area contributed by atoms with Crippen LogP contribution in [0.5, 0.6) is 0 Å². The Morgan fingerprint density at radius 2 is 1.53 bits per heavy atom. The van der Waals surface area contributed by atoms with Crippen LogP contribution >= 0.6 is 0 Å². The first kappa shape index (κ1) is 20.8. The molecule has 5 rings (SSSR count). The molecule has 7 heteroatoms. The molecule has 2 aromatic carbocycles. The van der Waals surface area contributed by atoms with E-state index in [1.165, 1.54) is 44.2 Å². The highest BCUT2D eigenvalue weighted by molar-refractivity contribution is 5.94. The van der Waals surface area contributed by atoms with E-state index in [9.17, 15) is 9.18 Å². The van der Waals surface area contributed by atoms with Gasteiger partial charge in [0.05, 0.1) is 0 Å². The highest BCUT2D eigenvalue weighted by Crippen LogP contribution is 2.25. The minimum atomic E-state index is -0.312. The largest absolute Gasteiger partial charge is 0.336 e. The number of carbonyl (C=O) groups is 1. The fourth-order valence-electron chi connectivity index (χ4n) is 4.73. The molecule has 3 aromatic rings. The number of hydrogen-bond acceptors (Lipinski definition) is 5. The summed E-state index contributed by atoms with van der Waals surface area (Å²) in [6.07, 6.45) is 6.63. The first-order valence-corrected chi connectivity index (χ1v) is 11.4. The Morgan fingerprint density at radius 3 is 2.22 bits per heavy atom. The van der Waals surface area contributed by atoms with Crippen LogP contribution in [0.3, 0.4) is 0 Å². The number of hydrogen-bond donors (Lipinski definition) is 0. The van der Waals surface area contributed by atoms with E-state index in [0.29, 0.717) is 28.9 Å². The Hall–Kier alpha value is -3.06. The fraction of sp³-hybridized carbons (Fsp3) is 0.400. The SMILES string of the molecule is O=C(c1ccc(-c2nc(-c3ccc(F)cc3)no2)cc1)N1CCN(C2CCCCC2)CC1. The lowest BCUT2D eigenvalue weighted by Gasteiger charge is -2.40. The van der Waals surface area contributed by atoms with Gasteiger partial charge in [0.15, 0.2) is 0 Å². The number of piperazine rings is 1. The van der Waals surface area contributed by atoms with Crippen LogP contribution in [0.25, 0.3) is 22.8 Å². The van der Waals surface area contributed by atoms with Crippen molar-refractivity contribution in [2.45, 2.75) is 38.1 Å². The molecule has 1 amide bonds. The first-order chi connectivity index (χ1) is 15.7. The summed E-state index contributed by atoms with van der Waals surface area (Å²) in [6, 6.07) is 13.9. The van der Waals surface area contributed by atoms with Gasteiger partial charge in [-0.25, -0.2) is 4.39 Å². The maximum atomic E-state index is 13.1. The van der Waals surface area contributed by atoms with Crippen molar-refractivity contribution >= 4 is 5.91 Å². The predicted octanol–water partition coefficient (Wildman–Crippen LogP) is 4.63. The van der Waals surface area contributed by atoms with Gasteiger partial charge in [0, 0.05) is 48.9 Å². The molecule has 0 bridgehead atoms. The topological polar surface area (TPSA) is 62.5 Å². The van der Waals surface area contributed by atoms with Gasteiger partial charge in [0.1, 0.15) is 5.82 Å². The van der Waals surface area contributed by atoms with Crippen molar-refractivity contribution in [2.24, 2.45) is 0 Å². The van der Waals surface area contributed by atoms with Crippen LogP contribution in [0.1, 0.15) is 42.5 Å². The summed E-state index contributed by atoms with van der Waals surface area (Å²) in [5, 5.41) is 3.98. The average Bonchev–Trinajstić information content (AvgIpc) is 3.35. The van der Waals surface area contributed by atoms with Crippen molar-refractivity contribution in [3.05, 3.63) is 59.9 Å². The van der Waals surface area contributed by atoms with Crippen LogP contribution in [-0.2, 0) is 0 Å². The van der Waals surface area contributed by atoms with E-state index in [-0.39, 0.29) is 11.7 Å². The van der Waals surface area contributed by atoms with E-state index >= 15 is 0 Å². The van der Waals surface area contributed by atoms with Crippen LogP contribution in [0, 0.1) is 5.82 Å². The smallest absolute Gasteiger partial charge is 0.258 e. The van der Waals surface area contributed by atoms with Gasteiger partial charge in [0.25, 0.3) is 11.8 Å². The highest BCUT2D eigenvalue weighted by Gasteiger charge is 2.27. The van der Waals surface area contributed by atoms with Crippen molar-refractivity contribution in [1.29, 1.82) is 0 Å². The van der Waals surface area contributed by atoms with Crippen LogP contribution in [0.15, 0.2) is 53.1 Å². The number of benzene rings is 2. The van der Waals surface area contributed by atoms with Gasteiger partial charge in [-0.15, -0.1) is 0 Å². The molecule has 2 fully saturated rings. The van der Waals surface area contributed by atoms with Crippen molar-refractivity contribution < 1.29 is 13.7 Å². The lowest BCUT2D eigenvalue weighted by atomic mass is 9.94. The summed E-state index contributed by atoms with van der Waals surface area (Å²) in [7, 11) is 0.